The van der Waals surface area contributed by atoms with Gasteiger partial charge in [-0.3, -0.25) is 4.79 Å². The summed E-state index contributed by atoms with van der Waals surface area (Å²) in [5.74, 6) is -1.19. The minimum atomic E-state index is -4.58. The average Bonchev–Trinajstić information content (AvgIpc) is 3.20. The second-order valence-corrected chi connectivity index (χ2v) is 7.74. The van der Waals surface area contributed by atoms with E-state index in [2.05, 4.69) is 14.6 Å². The lowest BCUT2D eigenvalue weighted by Gasteiger charge is -2.35. The zero-order chi connectivity index (χ0) is 19.1. The van der Waals surface area contributed by atoms with E-state index in [0.717, 1.165) is 24.2 Å². The van der Waals surface area contributed by atoms with Crippen LogP contribution in [0.5, 0.6) is 0 Å². The van der Waals surface area contributed by atoms with Crippen LogP contribution in [0, 0.1) is 6.92 Å². The lowest BCUT2D eigenvalue weighted by Crippen LogP contribution is -2.47. The van der Waals surface area contributed by atoms with Crippen LogP contribution < -0.4 is 0 Å². The van der Waals surface area contributed by atoms with Crippen LogP contribution in [-0.2, 0) is 6.18 Å². The number of likely N-dealkylation sites (N-methyl/N-ethyl adjacent to an activating group) is 1. The molecule has 0 unspecified atom stereocenters. The van der Waals surface area contributed by atoms with Crippen LogP contribution >= 0.6 is 11.3 Å². The van der Waals surface area contributed by atoms with Gasteiger partial charge in [-0.25, -0.2) is 0 Å². The fraction of sp³-hybridized carbons (Fsp3) is 0.529. The van der Waals surface area contributed by atoms with Crippen LogP contribution in [0.1, 0.15) is 33.8 Å². The summed E-state index contributed by atoms with van der Waals surface area (Å²) in [6.07, 6.45) is -2.60. The number of carbonyl (C=O) groups excluding carboxylic acids is 1. The van der Waals surface area contributed by atoms with Gasteiger partial charge in [0.1, 0.15) is 5.69 Å². The summed E-state index contributed by atoms with van der Waals surface area (Å²) >= 11 is 1.14. The number of hydrogen-bond donors (Lipinski definition) is 0. The minimum Gasteiger partial charge on any atom is -0.351 e. The Hall–Kier alpha value is -1.87. The molecule has 2 aromatic heterocycles. The number of hydrogen-bond acceptors (Lipinski definition) is 5. The van der Waals surface area contributed by atoms with Crippen LogP contribution in [0.15, 0.2) is 16.7 Å². The number of nitrogens with zero attached hydrogens (tertiary/aromatic N) is 3. The zero-order valence-corrected chi connectivity index (χ0v) is 15.6. The second-order valence-electron chi connectivity index (χ2n) is 6.66. The lowest BCUT2D eigenvalue weighted by molar-refractivity contribution is -0.156. The number of likely N-dealkylation sites (tertiary alicyclic amines) is 1. The van der Waals surface area contributed by atoms with E-state index in [4.69, 9.17) is 0 Å². The third-order valence-electron chi connectivity index (χ3n) is 4.65. The number of alkyl halides is 3. The van der Waals surface area contributed by atoms with Crippen molar-refractivity contribution in [3.8, 4) is 10.6 Å². The molecule has 1 aliphatic heterocycles. The number of rotatable bonds is 3. The quantitative estimate of drug-likeness (QED) is 0.802. The first kappa shape index (κ1) is 18.9. The van der Waals surface area contributed by atoms with Gasteiger partial charge in [-0.05, 0) is 46.0 Å². The second kappa shape index (κ2) is 7.03. The molecular weight excluding hydrogens is 367 g/mol. The number of thiophene rings is 1. The van der Waals surface area contributed by atoms with E-state index < -0.39 is 11.9 Å². The molecule has 1 fully saturated rings. The van der Waals surface area contributed by atoms with Crippen molar-refractivity contribution < 1.29 is 22.5 Å². The number of halogens is 3. The van der Waals surface area contributed by atoms with Gasteiger partial charge in [-0.1, -0.05) is 5.16 Å². The smallest absolute Gasteiger partial charge is 0.351 e. The van der Waals surface area contributed by atoms with Crippen molar-refractivity contribution >= 4 is 17.2 Å². The fourth-order valence-corrected chi connectivity index (χ4v) is 4.14. The third-order valence-corrected chi connectivity index (χ3v) is 5.73. The predicted octanol–water partition coefficient (Wildman–Crippen LogP) is 3.90. The van der Waals surface area contributed by atoms with Gasteiger partial charge in [-0.2, -0.15) is 13.2 Å². The number of carbonyl (C=O) groups is 1. The minimum absolute atomic E-state index is 0.0657. The summed E-state index contributed by atoms with van der Waals surface area (Å²) in [6, 6.07) is 3.58. The number of piperidine rings is 1. The van der Waals surface area contributed by atoms with E-state index in [0.29, 0.717) is 28.9 Å². The normalized spacial score (nSPS) is 18.6. The molecule has 0 saturated carbocycles. The van der Waals surface area contributed by atoms with E-state index in [1.807, 2.05) is 14.1 Å². The van der Waals surface area contributed by atoms with E-state index in [1.54, 1.807) is 17.0 Å². The third kappa shape index (κ3) is 3.64. The van der Waals surface area contributed by atoms with Crippen molar-refractivity contribution in [2.24, 2.45) is 0 Å². The highest BCUT2D eigenvalue weighted by Crippen LogP contribution is 2.38. The molecule has 26 heavy (non-hydrogen) atoms. The molecule has 5 nitrogen and oxygen atoms in total. The lowest BCUT2D eigenvalue weighted by atomic mass is 10.0. The summed E-state index contributed by atoms with van der Waals surface area (Å²) < 4.78 is 43.1. The van der Waals surface area contributed by atoms with Crippen molar-refractivity contribution in [3.05, 3.63) is 28.3 Å². The van der Waals surface area contributed by atoms with Crippen molar-refractivity contribution in [2.75, 3.05) is 27.2 Å². The van der Waals surface area contributed by atoms with E-state index in [-0.39, 0.29) is 17.2 Å². The van der Waals surface area contributed by atoms with Crippen molar-refractivity contribution in [1.82, 2.24) is 15.0 Å². The molecule has 2 aromatic rings. The van der Waals surface area contributed by atoms with Gasteiger partial charge in [0, 0.05) is 24.7 Å². The van der Waals surface area contributed by atoms with Crippen LogP contribution in [0.4, 0.5) is 13.2 Å². The standard InChI is InChI=1S/C17H20F3N3O2S/c1-10-14(21-25-15(10)17(18,19)20)12-6-7-13(26-12)16(24)23-8-4-5-11(9-23)22(2)3/h6-7,11H,4-5,8-9H2,1-3H3/t11-/m0/s1. The molecular formula is C17H20F3N3O2S. The largest absolute Gasteiger partial charge is 0.452 e. The Bertz CT molecular complexity index is 798. The van der Waals surface area contributed by atoms with Crippen LogP contribution in [0.25, 0.3) is 10.6 Å². The molecule has 3 rings (SSSR count). The molecule has 142 valence electrons. The average molecular weight is 387 g/mol. The molecule has 9 heteroatoms. The van der Waals surface area contributed by atoms with Gasteiger partial charge < -0.3 is 14.3 Å². The van der Waals surface area contributed by atoms with Gasteiger partial charge in [0.15, 0.2) is 0 Å². The number of amides is 1. The molecule has 1 saturated heterocycles. The Labute approximate surface area is 153 Å². The maximum atomic E-state index is 12.9. The van der Waals surface area contributed by atoms with Crippen molar-refractivity contribution in [1.29, 1.82) is 0 Å². The van der Waals surface area contributed by atoms with Gasteiger partial charge in [-0.15, -0.1) is 11.3 Å². The van der Waals surface area contributed by atoms with Crippen LogP contribution in [0.3, 0.4) is 0 Å². The van der Waals surface area contributed by atoms with E-state index in [1.165, 1.54) is 6.92 Å². The summed E-state index contributed by atoms with van der Waals surface area (Å²) in [5.41, 5.74) is 0.0650. The molecule has 0 spiro atoms. The molecule has 0 aromatic carbocycles. The SMILES string of the molecule is Cc1c(-c2ccc(C(=O)N3CCC[C@H](N(C)C)C3)s2)noc1C(F)(F)F. The maximum absolute atomic E-state index is 12.9. The molecule has 0 N–H and O–H groups in total. The Morgan fingerprint density at radius 2 is 2.12 bits per heavy atom. The first-order chi connectivity index (χ1) is 12.2. The molecule has 0 radical (unpaired) electrons. The highest BCUT2D eigenvalue weighted by Gasteiger charge is 2.39. The molecule has 0 aliphatic carbocycles. The maximum Gasteiger partial charge on any atom is 0.452 e. The van der Waals surface area contributed by atoms with Gasteiger partial charge >= 0.3 is 6.18 Å². The summed E-state index contributed by atoms with van der Waals surface area (Å²) in [6.45, 7) is 2.67. The number of aromatic nitrogens is 1. The van der Waals surface area contributed by atoms with E-state index >= 15 is 0 Å². The molecule has 1 amide bonds. The van der Waals surface area contributed by atoms with Crippen LogP contribution in [-0.4, -0.2) is 54.1 Å². The topological polar surface area (TPSA) is 49.6 Å². The highest BCUT2D eigenvalue weighted by molar-refractivity contribution is 7.17. The van der Waals surface area contributed by atoms with E-state index in [9.17, 15) is 18.0 Å². The first-order valence-corrected chi connectivity index (χ1v) is 9.09. The summed E-state index contributed by atoms with van der Waals surface area (Å²) in [4.78, 5) is 17.7. The zero-order valence-electron chi connectivity index (χ0n) is 14.8. The summed E-state index contributed by atoms with van der Waals surface area (Å²) in [5, 5.41) is 3.56. The molecule has 0 bridgehead atoms. The van der Waals surface area contributed by atoms with Crippen molar-refractivity contribution in [3.63, 3.8) is 0 Å². The molecule has 3 heterocycles. The Kier molecular flexibility index (Phi) is 5.12. The van der Waals surface area contributed by atoms with Gasteiger partial charge in [0.05, 0.1) is 9.75 Å². The Balaban J connectivity index is 1.80. The monoisotopic (exact) mass is 387 g/mol. The van der Waals surface area contributed by atoms with Gasteiger partial charge in [0.2, 0.25) is 5.76 Å². The Morgan fingerprint density at radius 3 is 2.73 bits per heavy atom. The fourth-order valence-electron chi connectivity index (χ4n) is 3.13. The van der Waals surface area contributed by atoms with Crippen LogP contribution in [0.2, 0.25) is 0 Å². The molecule has 1 atom stereocenters. The van der Waals surface area contributed by atoms with Crippen molar-refractivity contribution in [2.45, 2.75) is 32.0 Å². The van der Waals surface area contributed by atoms with Gasteiger partial charge in [0.25, 0.3) is 5.91 Å². The predicted molar refractivity (Wildman–Crippen MR) is 92.2 cm³/mol. The highest BCUT2D eigenvalue weighted by atomic mass is 32.1. The first-order valence-electron chi connectivity index (χ1n) is 8.28. The summed E-state index contributed by atoms with van der Waals surface area (Å²) in [7, 11) is 3.99. The Morgan fingerprint density at radius 1 is 1.38 bits per heavy atom. The molecule has 1 aliphatic rings.